The highest BCUT2D eigenvalue weighted by atomic mass is 32.1. The van der Waals surface area contributed by atoms with Crippen LogP contribution in [-0.2, 0) is 9.59 Å². The van der Waals surface area contributed by atoms with Gasteiger partial charge >= 0.3 is 0 Å². The fourth-order valence-electron chi connectivity index (χ4n) is 0.893. The lowest BCUT2D eigenvalue weighted by molar-refractivity contribution is -0.129. The van der Waals surface area contributed by atoms with Gasteiger partial charge in [0.25, 0.3) is 0 Å². The van der Waals surface area contributed by atoms with Crippen molar-refractivity contribution in [3.8, 4) is 0 Å². The molecule has 0 aliphatic rings. The van der Waals surface area contributed by atoms with Crippen molar-refractivity contribution in [2.75, 3.05) is 18.9 Å². The Morgan fingerprint density at radius 1 is 1.73 bits per heavy atom. The van der Waals surface area contributed by atoms with E-state index in [9.17, 15) is 9.59 Å². The zero-order chi connectivity index (χ0) is 11.3. The topological polar surface area (TPSA) is 62.3 Å². The summed E-state index contributed by atoms with van der Waals surface area (Å²) in [6, 6.07) is 0. The largest absolute Gasteiger partial charge is 0.333 e. The first-order valence-corrected chi connectivity index (χ1v) is 5.08. The van der Waals surface area contributed by atoms with E-state index in [2.05, 4.69) is 16.9 Å². The zero-order valence-corrected chi connectivity index (χ0v) is 9.08. The van der Waals surface area contributed by atoms with E-state index in [1.165, 1.54) is 23.3 Å². The Hall–Kier alpha value is -1.69. The summed E-state index contributed by atoms with van der Waals surface area (Å²) in [6.07, 6.45) is 2.76. The molecule has 15 heavy (non-hydrogen) atoms. The number of aromatic nitrogens is 1. The summed E-state index contributed by atoms with van der Waals surface area (Å²) >= 11 is 1.33. The van der Waals surface area contributed by atoms with Crippen LogP contribution in [0.1, 0.15) is 0 Å². The number of amides is 2. The molecule has 0 saturated carbocycles. The molecule has 1 aromatic rings. The monoisotopic (exact) mass is 225 g/mol. The Balaban J connectivity index is 2.42. The van der Waals surface area contributed by atoms with Crippen molar-refractivity contribution in [2.45, 2.75) is 0 Å². The van der Waals surface area contributed by atoms with Gasteiger partial charge in [-0.1, -0.05) is 6.58 Å². The molecule has 5 nitrogen and oxygen atoms in total. The summed E-state index contributed by atoms with van der Waals surface area (Å²) < 4.78 is 0. The lowest BCUT2D eigenvalue weighted by Gasteiger charge is -2.13. The second-order valence-corrected chi connectivity index (χ2v) is 3.68. The third-order valence-electron chi connectivity index (χ3n) is 1.61. The highest BCUT2D eigenvalue weighted by Crippen LogP contribution is 2.09. The van der Waals surface area contributed by atoms with Crippen LogP contribution in [0.15, 0.2) is 24.2 Å². The van der Waals surface area contributed by atoms with Crippen LogP contribution in [0.4, 0.5) is 5.13 Å². The van der Waals surface area contributed by atoms with Gasteiger partial charge in [-0.3, -0.25) is 9.59 Å². The lowest BCUT2D eigenvalue weighted by Crippen LogP contribution is -2.33. The van der Waals surface area contributed by atoms with Crippen LogP contribution in [0.25, 0.3) is 0 Å². The maximum atomic E-state index is 11.4. The minimum Gasteiger partial charge on any atom is -0.333 e. The average Bonchev–Trinajstić information content (AvgIpc) is 2.68. The molecule has 0 aromatic carbocycles. The van der Waals surface area contributed by atoms with E-state index in [1.54, 1.807) is 11.6 Å². The zero-order valence-electron chi connectivity index (χ0n) is 8.27. The lowest BCUT2D eigenvalue weighted by atomic mass is 10.4. The second kappa shape index (κ2) is 5.26. The summed E-state index contributed by atoms with van der Waals surface area (Å²) in [4.78, 5) is 27.6. The van der Waals surface area contributed by atoms with Gasteiger partial charge < -0.3 is 10.2 Å². The number of hydrogen-bond acceptors (Lipinski definition) is 4. The summed E-state index contributed by atoms with van der Waals surface area (Å²) in [6.45, 7) is 3.32. The molecule has 0 aliphatic heterocycles. The quantitative estimate of drug-likeness (QED) is 0.768. The SMILES string of the molecule is C=CC(=O)N(C)CC(=O)Nc1nccs1. The molecular formula is C9H11N3O2S. The van der Waals surface area contributed by atoms with Crippen molar-refractivity contribution in [2.24, 2.45) is 0 Å². The molecule has 1 heterocycles. The standard InChI is InChI=1S/C9H11N3O2S/c1-3-8(14)12(2)6-7(13)11-9-10-4-5-15-9/h3-5H,1,6H2,2H3,(H,10,11,13). The molecule has 80 valence electrons. The van der Waals surface area contributed by atoms with Crippen LogP contribution in [0.3, 0.4) is 0 Å². The van der Waals surface area contributed by atoms with E-state index in [0.717, 1.165) is 6.08 Å². The summed E-state index contributed by atoms with van der Waals surface area (Å²) in [7, 11) is 1.53. The van der Waals surface area contributed by atoms with Gasteiger partial charge in [0.2, 0.25) is 11.8 Å². The smallest absolute Gasteiger partial charge is 0.246 e. The maximum absolute atomic E-state index is 11.4. The predicted octanol–water partition coefficient (Wildman–Crippen LogP) is 0.726. The normalized spacial score (nSPS) is 9.40. The van der Waals surface area contributed by atoms with E-state index < -0.39 is 0 Å². The van der Waals surface area contributed by atoms with E-state index in [4.69, 9.17) is 0 Å². The number of hydrogen-bond donors (Lipinski definition) is 1. The van der Waals surface area contributed by atoms with Crippen LogP contribution in [0, 0.1) is 0 Å². The third kappa shape index (κ3) is 3.51. The van der Waals surface area contributed by atoms with Gasteiger partial charge in [0.15, 0.2) is 5.13 Å². The van der Waals surface area contributed by atoms with Gasteiger partial charge in [0.05, 0.1) is 6.54 Å². The summed E-state index contributed by atoms with van der Waals surface area (Å²) in [5.41, 5.74) is 0. The van der Waals surface area contributed by atoms with Crippen LogP contribution < -0.4 is 5.32 Å². The number of rotatable bonds is 4. The van der Waals surface area contributed by atoms with Crippen molar-refractivity contribution in [1.82, 2.24) is 9.88 Å². The Kier molecular flexibility index (Phi) is 3.99. The third-order valence-corrected chi connectivity index (χ3v) is 2.30. The molecule has 0 aliphatic carbocycles. The molecule has 0 atom stereocenters. The van der Waals surface area contributed by atoms with Crippen molar-refractivity contribution in [3.63, 3.8) is 0 Å². The van der Waals surface area contributed by atoms with Gasteiger partial charge in [-0.25, -0.2) is 4.98 Å². The number of thiazole rings is 1. The molecule has 0 saturated heterocycles. The highest BCUT2D eigenvalue weighted by molar-refractivity contribution is 7.13. The molecule has 0 radical (unpaired) electrons. The Morgan fingerprint density at radius 2 is 2.47 bits per heavy atom. The molecule has 6 heteroatoms. The molecule has 1 aromatic heterocycles. The summed E-state index contributed by atoms with van der Waals surface area (Å²) in [5, 5.41) is 4.86. The Bertz CT molecular complexity index is 361. The van der Waals surface area contributed by atoms with Crippen LogP contribution in [0.2, 0.25) is 0 Å². The minimum atomic E-state index is -0.288. The van der Waals surface area contributed by atoms with Gasteiger partial charge in [0, 0.05) is 18.6 Å². The molecule has 2 amide bonds. The van der Waals surface area contributed by atoms with Gasteiger partial charge in [-0.2, -0.15) is 0 Å². The van der Waals surface area contributed by atoms with Crippen LogP contribution in [-0.4, -0.2) is 35.3 Å². The first-order chi connectivity index (χ1) is 7.13. The first kappa shape index (κ1) is 11.4. The fraction of sp³-hybridized carbons (Fsp3) is 0.222. The average molecular weight is 225 g/mol. The number of nitrogens with zero attached hydrogens (tertiary/aromatic N) is 2. The highest BCUT2D eigenvalue weighted by Gasteiger charge is 2.10. The van der Waals surface area contributed by atoms with Crippen LogP contribution >= 0.6 is 11.3 Å². The van der Waals surface area contributed by atoms with Gasteiger partial charge in [0.1, 0.15) is 0 Å². The van der Waals surface area contributed by atoms with Crippen molar-refractivity contribution < 1.29 is 9.59 Å². The van der Waals surface area contributed by atoms with E-state index in [1.807, 2.05) is 0 Å². The summed E-state index contributed by atoms with van der Waals surface area (Å²) in [5.74, 6) is -0.563. The molecule has 0 unspecified atom stereocenters. The Morgan fingerprint density at radius 3 is 3.00 bits per heavy atom. The molecule has 0 fully saturated rings. The number of carbonyl (C=O) groups excluding carboxylic acids is 2. The number of likely N-dealkylation sites (N-methyl/N-ethyl adjacent to an activating group) is 1. The Labute approximate surface area is 91.4 Å². The number of nitrogens with one attached hydrogen (secondary N) is 1. The predicted molar refractivity (Wildman–Crippen MR) is 58.6 cm³/mol. The molecular weight excluding hydrogens is 214 g/mol. The fourth-order valence-corrected chi connectivity index (χ4v) is 1.44. The molecule has 1 rings (SSSR count). The first-order valence-electron chi connectivity index (χ1n) is 4.20. The van der Waals surface area contributed by atoms with E-state index in [-0.39, 0.29) is 18.4 Å². The number of anilines is 1. The molecule has 0 bridgehead atoms. The maximum Gasteiger partial charge on any atom is 0.246 e. The van der Waals surface area contributed by atoms with Crippen molar-refractivity contribution in [1.29, 1.82) is 0 Å². The van der Waals surface area contributed by atoms with Crippen molar-refractivity contribution in [3.05, 3.63) is 24.2 Å². The van der Waals surface area contributed by atoms with Gasteiger partial charge in [-0.15, -0.1) is 11.3 Å². The molecule has 1 N–H and O–H groups in total. The minimum absolute atomic E-state index is 0.00949. The van der Waals surface area contributed by atoms with Crippen LogP contribution in [0.5, 0.6) is 0 Å². The molecule has 0 spiro atoms. The van der Waals surface area contributed by atoms with E-state index >= 15 is 0 Å². The van der Waals surface area contributed by atoms with Gasteiger partial charge in [-0.05, 0) is 6.08 Å². The second-order valence-electron chi connectivity index (χ2n) is 2.78. The number of carbonyl (C=O) groups is 2. The van der Waals surface area contributed by atoms with Crippen molar-refractivity contribution >= 4 is 28.3 Å². The van der Waals surface area contributed by atoms with E-state index in [0.29, 0.717) is 5.13 Å².